The highest BCUT2D eigenvalue weighted by atomic mass is 16.5. The molecule has 8 nitrogen and oxygen atoms in total. The number of esters is 2. The molecule has 6 rings (SSSR count). The maximum Gasteiger partial charge on any atom is 0.343 e. The number of rotatable bonds is 32. The van der Waals surface area contributed by atoms with E-state index in [0.29, 0.717) is 28.0 Å². The number of aliphatic imine (C=N–C) groups is 2. The maximum absolute atomic E-state index is 13.3. The molecule has 70 heavy (non-hydrogen) atoms. The highest BCUT2D eigenvalue weighted by Gasteiger charge is 2.14. The van der Waals surface area contributed by atoms with Crippen LogP contribution >= 0.6 is 0 Å². The zero-order valence-corrected chi connectivity index (χ0v) is 41.8. The Kier molecular flexibility index (Phi) is 23.3. The minimum Gasteiger partial charge on any atom is -0.494 e. The zero-order chi connectivity index (χ0) is 48.9. The van der Waals surface area contributed by atoms with Crippen molar-refractivity contribution in [2.45, 2.75) is 142 Å². The molecule has 0 aliphatic rings. The smallest absolute Gasteiger partial charge is 0.343 e. The Morgan fingerprint density at radius 1 is 0.414 bits per heavy atom. The van der Waals surface area contributed by atoms with Crippen LogP contribution in [0, 0.1) is 0 Å². The molecule has 0 saturated carbocycles. The topological polar surface area (TPSA) is 95.8 Å². The summed E-state index contributed by atoms with van der Waals surface area (Å²) in [6.07, 6.45) is 29.6. The predicted molar refractivity (Wildman–Crippen MR) is 289 cm³/mol. The van der Waals surface area contributed by atoms with Gasteiger partial charge in [-0.2, -0.15) is 0 Å². The molecule has 6 aromatic carbocycles. The Morgan fingerprint density at radius 2 is 0.814 bits per heavy atom. The minimum absolute atomic E-state index is 0.331. The van der Waals surface area contributed by atoms with Crippen molar-refractivity contribution < 1.29 is 28.5 Å². The normalized spacial score (nSPS) is 11.4. The molecule has 0 unspecified atom stereocenters. The van der Waals surface area contributed by atoms with Crippen molar-refractivity contribution >= 4 is 46.5 Å². The molecule has 6 aromatic rings. The Balaban J connectivity index is 0.908. The highest BCUT2D eigenvalue weighted by molar-refractivity contribution is 5.97. The van der Waals surface area contributed by atoms with E-state index < -0.39 is 11.9 Å². The van der Waals surface area contributed by atoms with Crippen LogP contribution in [0.25, 0.3) is 10.8 Å². The number of hydrogen-bond donors (Lipinski definition) is 0. The molecule has 0 bridgehead atoms. The molecule has 368 valence electrons. The zero-order valence-electron chi connectivity index (χ0n) is 41.8. The number of carbonyl (C=O) groups is 2. The van der Waals surface area contributed by atoms with Crippen molar-refractivity contribution in [1.29, 1.82) is 0 Å². The average Bonchev–Trinajstić information content (AvgIpc) is 3.39. The molecule has 0 saturated heterocycles. The molecule has 0 N–H and O–H groups in total. The van der Waals surface area contributed by atoms with Crippen LogP contribution in [-0.4, -0.2) is 37.6 Å². The van der Waals surface area contributed by atoms with Gasteiger partial charge in [-0.1, -0.05) is 172 Å². The summed E-state index contributed by atoms with van der Waals surface area (Å²) >= 11 is 0. The lowest BCUT2D eigenvalue weighted by Crippen LogP contribution is -2.09. The first kappa shape index (κ1) is 52.8. The Bertz CT molecular complexity index is 2500. The van der Waals surface area contributed by atoms with E-state index in [1.165, 1.54) is 116 Å². The fourth-order valence-electron chi connectivity index (χ4n) is 8.22. The molecular formula is C62H74N2O6. The predicted octanol–water partition coefficient (Wildman–Crippen LogP) is 17.4. The van der Waals surface area contributed by atoms with Crippen LogP contribution in [0.5, 0.6) is 23.0 Å². The van der Waals surface area contributed by atoms with Crippen LogP contribution in [0.15, 0.2) is 143 Å². The van der Waals surface area contributed by atoms with Crippen molar-refractivity contribution in [3.63, 3.8) is 0 Å². The van der Waals surface area contributed by atoms with Gasteiger partial charge in [0.1, 0.15) is 23.0 Å². The lowest BCUT2D eigenvalue weighted by Gasteiger charge is -2.10. The third-order valence-electron chi connectivity index (χ3n) is 12.5. The molecule has 8 heteroatoms. The summed E-state index contributed by atoms with van der Waals surface area (Å²) in [7, 11) is 0. The van der Waals surface area contributed by atoms with Crippen LogP contribution in [0.4, 0.5) is 11.4 Å². The molecule has 0 fully saturated rings. The molecule has 0 aliphatic heterocycles. The van der Waals surface area contributed by atoms with Gasteiger partial charge in [-0.05, 0) is 120 Å². The van der Waals surface area contributed by atoms with E-state index in [-0.39, 0.29) is 0 Å². The van der Waals surface area contributed by atoms with Gasteiger partial charge in [0.25, 0.3) is 0 Å². The highest BCUT2D eigenvalue weighted by Crippen LogP contribution is 2.31. The summed E-state index contributed by atoms with van der Waals surface area (Å²) in [6, 6.07) is 40.5. The Labute approximate surface area is 417 Å². The third kappa shape index (κ3) is 19.1. The van der Waals surface area contributed by atoms with Gasteiger partial charge in [0.15, 0.2) is 0 Å². The fraction of sp³-hybridized carbons (Fsp3) is 0.387. The summed E-state index contributed by atoms with van der Waals surface area (Å²) in [6.45, 7) is 5.98. The number of unbranched alkanes of at least 4 members (excludes halogenated alkanes) is 18. The van der Waals surface area contributed by atoms with Gasteiger partial charge in [-0.25, -0.2) is 9.59 Å². The average molecular weight is 943 g/mol. The summed E-state index contributed by atoms with van der Waals surface area (Å²) in [5.41, 5.74) is 4.11. The quantitative estimate of drug-likeness (QED) is 0.0181. The molecule has 0 amide bonds. The Morgan fingerprint density at radius 3 is 1.26 bits per heavy atom. The number of carbonyl (C=O) groups excluding carboxylic acids is 2. The van der Waals surface area contributed by atoms with Crippen molar-refractivity contribution in [1.82, 2.24) is 0 Å². The van der Waals surface area contributed by atoms with Crippen LogP contribution < -0.4 is 18.9 Å². The molecule has 0 atom stereocenters. The molecule has 0 spiro atoms. The number of hydrogen-bond acceptors (Lipinski definition) is 8. The SMILES string of the molecule is CCCCCCCCCCCCOc1ccc(N=Cc2ccc(C(=O)Oc3ccc4cccc(OC(=O)c5ccc(C=Nc6ccc(OCCCCCCCCCCCC)cc6)cc5)c4c3)cc2)cc1. The van der Waals surface area contributed by atoms with Gasteiger partial charge < -0.3 is 18.9 Å². The molecule has 0 aliphatic carbocycles. The van der Waals surface area contributed by atoms with Crippen molar-refractivity contribution in [2.75, 3.05) is 13.2 Å². The van der Waals surface area contributed by atoms with Gasteiger partial charge in [0.2, 0.25) is 0 Å². The number of ether oxygens (including phenoxy) is 4. The van der Waals surface area contributed by atoms with E-state index in [4.69, 9.17) is 18.9 Å². The molecular weight excluding hydrogens is 869 g/mol. The Hall–Kier alpha value is -6.54. The fourth-order valence-corrected chi connectivity index (χ4v) is 8.22. The van der Waals surface area contributed by atoms with Crippen molar-refractivity contribution in [3.8, 4) is 23.0 Å². The minimum atomic E-state index is -0.504. The molecule has 0 heterocycles. The maximum atomic E-state index is 13.3. The standard InChI is InChI=1S/C62H74N2O6/c1-3-5-7-9-11-13-15-17-19-21-44-67-56-40-35-54(36-41-56)63-47-49-26-30-52(31-27-49)61(65)69-58-39-34-51-24-23-25-60(59(51)46-58)70-62(66)53-32-28-50(29-33-53)48-64-55-37-42-57(43-38-55)68-45-22-20-18-16-14-12-10-8-6-4-2/h23-43,46-48H,3-22,44-45H2,1-2H3. The molecule has 0 radical (unpaired) electrons. The summed E-state index contributed by atoms with van der Waals surface area (Å²) in [5, 5.41) is 1.47. The third-order valence-corrected chi connectivity index (χ3v) is 12.5. The number of fused-ring (bicyclic) bond motifs is 1. The largest absolute Gasteiger partial charge is 0.494 e. The second-order valence-corrected chi connectivity index (χ2v) is 18.2. The van der Waals surface area contributed by atoms with E-state index in [1.54, 1.807) is 54.9 Å². The first-order chi connectivity index (χ1) is 34.5. The van der Waals surface area contributed by atoms with Crippen molar-refractivity contribution in [2.24, 2.45) is 9.98 Å². The van der Waals surface area contributed by atoms with Gasteiger partial charge in [-0.15, -0.1) is 0 Å². The first-order valence-electron chi connectivity index (χ1n) is 26.2. The van der Waals surface area contributed by atoms with E-state index in [1.807, 2.05) is 91.0 Å². The van der Waals surface area contributed by atoms with Gasteiger partial charge in [0, 0.05) is 17.8 Å². The second kappa shape index (κ2) is 30.8. The number of benzene rings is 6. The molecule has 0 aromatic heterocycles. The van der Waals surface area contributed by atoms with Crippen LogP contribution in [-0.2, 0) is 0 Å². The number of nitrogens with zero attached hydrogens (tertiary/aromatic N) is 2. The van der Waals surface area contributed by atoms with E-state index in [9.17, 15) is 9.59 Å². The van der Waals surface area contributed by atoms with Crippen LogP contribution in [0.3, 0.4) is 0 Å². The van der Waals surface area contributed by atoms with E-state index in [0.717, 1.165) is 65.4 Å². The monoisotopic (exact) mass is 943 g/mol. The summed E-state index contributed by atoms with van der Waals surface area (Å²) in [5.74, 6) is 1.38. The van der Waals surface area contributed by atoms with E-state index in [2.05, 4.69) is 23.8 Å². The first-order valence-corrected chi connectivity index (χ1v) is 26.2. The summed E-state index contributed by atoms with van der Waals surface area (Å²) < 4.78 is 23.6. The van der Waals surface area contributed by atoms with Gasteiger partial charge in [0.05, 0.1) is 35.7 Å². The van der Waals surface area contributed by atoms with Gasteiger partial charge in [-0.3, -0.25) is 9.98 Å². The summed E-state index contributed by atoms with van der Waals surface area (Å²) in [4.78, 5) is 35.7. The van der Waals surface area contributed by atoms with Crippen LogP contribution in [0.2, 0.25) is 0 Å². The second-order valence-electron chi connectivity index (χ2n) is 18.2. The lowest BCUT2D eigenvalue weighted by molar-refractivity contribution is 0.0724. The van der Waals surface area contributed by atoms with Crippen molar-refractivity contribution in [3.05, 3.63) is 156 Å². The lowest BCUT2D eigenvalue weighted by atomic mass is 10.1. The van der Waals surface area contributed by atoms with E-state index >= 15 is 0 Å². The van der Waals surface area contributed by atoms with Gasteiger partial charge >= 0.3 is 11.9 Å². The van der Waals surface area contributed by atoms with Crippen LogP contribution in [0.1, 0.15) is 174 Å².